The SMILES string of the molecule is CCCCCCCC/C=C\CCCCCCCCCC(=O)OC(COCCCCCCCCCCCCC)COP(=O)(O)OCC(N)C(=O)O. The van der Waals surface area contributed by atoms with E-state index in [0.29, 0.717) is 13.0 Å². The Bertz CT molecular complexity index is 857. The minimum Gasteiger partial charge on any atom is -0.480 e. The van der Waals surface area contributed by atoms with Crippen molar-refractivity contribution in [1.82, 2.24) is 0 Å². The van der Waals surface area contributed by atoms with E-state index in [1.165, 1.54) is 116 Å². The van der Waals surface area contributed by atoms with E-state index >= 15 is 0 Å². The third-order valence-electron chi connectivity index (χ3n) is 8.79. The van der Waals surface area contributed by atoms with E-state index in [4.69, 9.17) is 29.4 Å². The van der Waals surface area contributed by atoms with Crippen LogP contribution < -0.4 is 5.73 Å². The zero-order valence-electron chi connectivity index (χ0n) is 32.0. The van der Waals surface area contributed by atoms with Crippen molar-refractivity contribution in [1.29, 1.82) is 0 Å². The van der Waals surface area contributed by atoms with E-state index in [2.05, 4.69) is 26.0 Å². The average molecular weight is 734 g/mol. The predicted octanol–water partition coefficient (Wildman–Crippen LogP) is 10.6. The zero-order chi connectivity index (χ0) is 37.0. The number of carbonyl (C=O) groups is 2. The molecule has 3 unspecified atom stereocenters. The average Bonchev–Trinajstić information content (AvgIpc) is 3.09. The van der Waals surface area contributed by atoms with Crippen LogP contribution in [0.1, 0.15) is 187 Å². The lowest BCUT2D eigenvalue weighted by atomic mass is 10.1. The molecule has 0 saturated heterocycles. The van der Waals surface area contributed by atoms with Crippen LogP contribution in [0.2, 0.25) is 0 Å². The van der Waals surface area contributed by atoms with Gasteiger partial charge in [0.2, 0.25) is 0 Å². The number of carboxylic acids is 1. The summed E-state index contributed by atoms with van der Waals surface area (Å²) in [6, 6.07) is -1.47. The summed E-state index contributed by atoms with van der Waals surface area (Å²) in [7, 11) is -4.60. The second-order valence-electron chi connectivity index (χ2n) is 13.8. The van der Waals surface area contributed by atoms with Crippen molar-refractivity contribution in [2.24, 2.45) is 5.73 Å². The Balaban J connectivity index is 4.24. The van der Waals surface area contributed by atoms with Crippen LogP contribution in [0.4, 0.5) is 0 Å². The molecule has 0 heterocycles. The summed E-state index contributed by atoms with van der Waals surface area (Å²) in [5.41, 5.74) is 5.34. The smallest absolute Gasteiger partial charge is 0.472 e. The second-order valence-corrected chi connectivity index (χ2v) is 15.2. The number of hydrogen-bond donors (Lipinski definition) is 3. The number of carboxylic acid groups (broad SMARTS) is 1. The molecule has 0 aliphatic rings. The van der Waals surface area contributed by atoms with Crippen molar-refractivity contribution >= 4 is 19.8 Å². The number of unbranched alkanes of at least 4 members (excludes halogenated alkanes) is 23. The normalized spacial score (nSPS) is 14.2. The predicted molar refractivity (Wildman–Crippen MR) is 203 cm³/mol. The Kier molecular flexibility index (Phi) is 35.2. The van der Waals surface area contributed by atoms with Gasteiger partial charge in [0.05, 0.1) is 19.8 Å². The molecule has 50 heavy (non-hydrogen) atoms. The van der Waals surface area contributed by atoms with Crippen molar-refractivity contribution in [2.45, 2.75) is 199 Å². The highest BCUT2D eigenvalue weighted by molar-refractivity contribution is 7.47. The molecule has 3 atom stereocenters. The van der Waals surface area contributed by atoms with Crippen LogP contribution in [0.5, 0.6) is 0 Å². The molecule has 0 rings (SSSR count). The van der Waals surface area contributed by atoms with Crippen LogP contribution in [0.3, 0.4) is 0 Å². The van der Waals surface area contributed by atoms with Gasteiger partial charge in [0.15, 0.2) is 0 Å². The Morgan fingerprint density at radius 1 is 0.620 bits per heavy atom. The number of rotatable bonds is 39. The maximum Gasteiger partial charge on any atom is 0.472 e. The standard InChI is InChI=1S/C39H76NO9P/c1-3-5-7-9-11-13-15-16-17-18-19-20-21-23-25-27-29-31-38(41)49-36(34-47-50(44,45)48-35-37(40)39(42)43)33-46-32-30-28-26-24-22-14-12-10-8-6-4-2/h16-17,36-37H,3-15,18-35,40H2,1-2H3,(H,42,43)(H,44,45)/b17-16-. The van der Waals surface area contributed by atoms with Gasteiger partial charge >= 0.3 is 19.8 Å². The summed E-state index contributed by atoms with van der Waals surface area (Å²) in [4.78, 5) is 33.4. The zero-order valence-corrected chi connectivity index (χ0v) is 32.9. The van der Waals surface area contributed by atoms with E-state index in [1.54, 1.807) is 0 Å². The Labute approximate surface area is 305 Å². The maximum atomic E-state index is 12.6. The van der Waals surface area contributed by atoms with Crippen molar-refractivity contribution in [3.8, 4) is 0 Å². The summed E-state index contributed by atoms with van der Waals surface area (Å²) in [5, 5.41) is 8.87. The number of allylic oxidation sites excluding steroid dienone is 2. The monoisotopic (exact) mass is 734 g/mol. The van der Waals surface area contributed by atoms with Gasteiger partial charge in [-0.1, -0.05) is 154 Å². The number of esters is 1. The van der Waals surface area contributed by atoms with Gasteiger partial charge < -0.3 is 25.2 Å². The third-order valence-corrected chi connectivity index (χ3v) is 9.75. The van der Waals surface area contributed by atoms with Gasteiger partial charge in [-0.2, -0.15) is 0 Å². The summed E-state index contributed by atoms with van der Waals surface area (Å²) in [5.74, 6) is -1.78. The molecule has 0 fully saturated rings. The molecule has 11 heteroatoms. The van der Waals surface area contributed by atoms with Crippen molar-refractivity contribution in [3.05, 3.63) is 12.2 Å². The largest absolute Gasteiger partial charge is 0.480 e. The fraction of sp³-hybridized carbons (Fsp3) is 0.897. The highest BCUT2D eigenvalue weighted by atomic mass is 31.2. The highest BCUT2D eigenvalue weighted by Crippen LogP contribution is 2.43. The molecule has 0 radical (unpaired) electrons. The topological polar surface area (TPSA) is 155 Å². The lowest BCUT2D eigenvalue weighted by Crippen LogP contribution is -2.34. The van der Waals surface area contributed by atoms with Gasteiger partial charge in [0, 0.05) is 13.0 Å². The first-order valence-electron chi connectivity index (χ1n) is 20.2. The number of phosphoric acid groups is 1. The summed E-state index contributed by atoms with van der Waals surface area (Å²) < 4.78 is 33.2. The molecule has 0 saturated carbocycles. The molecule has 0 aromatic carbocycles. The van der Waals surface area contributed by atoms with E-state index in [9.17, 15) is 19.0 Å². The van der Waals surface area contributed by atoms with Crippen LogP contribution in [-0.2, 0) is 32.7 Å². The summed E-state index contributed by atoms with van der Waals surface area (Å²) >= 11 is 0. The highest BCUT2D eigenvalue weighted by Gasteiger charge is 2.27. The van der Waals surface area contributed by atoms with E-state index in [-0.39, 0.29) is 13.0 Å². The van der Waals surface area contributed by atoms with Gasteiger partial charge in [0.1, 0.15) is 12.1 Å². The summed E-state index contributed by atoms with van der Waals surface area (Å²) in [6.07, 6.45) is 35.4. The number of ether oxygens (including phenoxy) is 2. The first-order valence-corrected chi connectivity index (χ1v) is 21.7. The molecular formula is C39H76NO9P. The van der Waals surface area contributed by atoms with Crippen LogP contribution in [-0.4, -0.2) is 60.5 Å². The fourth-order valence-electron chi connectivity index (χ4n) is 5.60. The molecule has 0 spiro atoms. The molecule has 0 aromatic heterocycles. The molecule has 0 bridgehead atoms. The molecular weight excluding hydrogens is 657 g/mol. The van der Waals surface area contributed by atoms with Gasteiger partial charge in [-0.3, -0.25) is 18.6 Å². The van der Waals surface area contributed by atoms with Crippen LogP contribution >= 0.6 is 7.82 Å². The van der Waals surface area contributed by atoms with Crippen molar-refractivity contribution in [2.75, 3.05) is 26.4 Å². The minimum absolute atomic E-state index is 0.0202. The first kappa shape index (κ1) is 48.7. The Morgan fingerprint density at radius 3 is 1.52 bits per heavy atom. The molecule has 10 nitrogen and oxygen atoms in total. The Morgan fingerprint density at radius 2 is 1.04 bits per heavy atom. The van der Waals surface area contributed by atoms with Crippen LogP contribution in [0, 0.1) is 0 Å². The number of phosphoric ester groups is 1. The lowest BCUT2D eigenvalue weighted by molar-refractivity contribution is -0.154. The Hall–Kier alpha value is -1.29. The van der Waals surface area contributed by atoms with Crippen LogP contribution in [0.15, 0.2) is 12.2 Å². The number of carbonyl (C=O) groups excluding carboxylic acids is 1. The van der Waals surface area contributed by atoms with Gasteiger partial charge in [-0.15, -0.1) is 0 Å². The quantitative estimate of drug-likeness (QED) is 0.0240. The minimum atomic E-state index is -4.60. The van der Waals surface area contributed by atoms with Crippen LogP contribution in [0.25, 0.3) is 0 Å². The third kappa shape index (κ3) is 35.1. The molecule has 0 aromatic rings. The molecule has 0 aliphatic heterocycles. The summed E-state index contributed by atoms with van der Waals surface area (Å²) in [6.45, 7) is 3.88. The first-order chi connectivity index (χ1) is 24.2. The number of hydrogen-bond acceptors (Lipinski definition) is 8. The molecule has 0 aliphatic carbocycles. The van der Waals surface area contributed by atoms with E-state index in [0.717, 1.165) is 44.9 Å². The lowest BCUT2D eigenvalue weighted by Gasteiger charge is -2.20. The number of nitrogens with two attached hydrogens (primary N) is 1. The van der Waals surface area contributed by atoms with Crippen molar-refractivity contribution < 1.29 is 42.7 Å². The number of aliphatic carboxylic acids is 1. The molecule has 0 amide bonds. The molecule has 296 valence electrons. The van der Waals surface area contributed by atoms with Gasteiger partial charge in [0.25, 0.3) is 0 Å². The maximum absolute atomic E-state index is 12.6. The van der Waals surface area contributed by atoms with Crippen molar-refractivity contribution in [3.63, 3.8) is 0 Å². The van der Waals surface area contributed by atoms with Gasteiger partial charge in [-0.25, -0.2) is 4.57 Å². The van der Waals surface area contributed by atoms with Gasteiger partial charge in [-0.05, 0) is 38.5 Å². The molecule has 4 N–H and O–H groups in total. The fourth-order valence-corrected chi connectivity index (χ4v) is 6.38. The second kappa shape index (κ2) is 36.1. The van der Waals surface area contributed by atoms with E-state index < -0.39 is 45.1 Å². The van der Waals surface area contributed by atoms with E-state index in [1.807, 2.05) is 0 Å².